The van der Waals surface area contributed by atoms with Crippen molar-refractivity contribution in [3.05, 3.63) is 34.3 Å². The van der Waals surface area contributed by atoms with Gasteiger partial charge in [0.15, 0.2) is 0 Å². The first-order chi connectivity index (χ1) is 8.19. The Morgan fingerprint density at radius 3 is 2.76 bits per heavy atom. The number of nitrogens with zero attached hydrogens (tertiary/aromatic N) is 2. The molecule has 1 heterocycles. The lowest BCUT2D eigenvalue weighted by atomic mass is 10.1. The van der Waals surface area contributed by atoms with E-state index in [-0.39, 0.29) is 0 Å². The van der Waals surface area contributed by atoms with Gasteiger partial charge in [0, 0.05) is 24.7 Å². The Kier molecular flexibility index (Phi) is 4.43. The minimum absolute atomic E-state index is 0.912. The van der Waals surface area contributed by atoms with Gasteiger partial charge in [0.25, 0.3) is 0 Å². The molecule has 94 valence electrons. The molecule has 0 saturated carbocycles. The van der Waals surface area contributed by atoms with Crippen LogP contribution in [0.1, 0.15) is 24.5 Å². The van der Waals surface area contributed by atoms with E-state index in [0.717, 1.165) is 24.7 Å². The summed E-state index contributed by atoms with van der Waals surface area (Å²) in [7, 11) is 2.18. The Morgan fingerprint density at radius 1 is 1.29 bits per heavy atom. The van der Waals surface area contributed by atoms with E-state index < -0.39 is 0 Å². The largest absolute Gasteiger partial charge is 0.293 e. The number of halogens is 1. The molecule has 0 radical (unpaired) electrons. The fourth-order valence-corrected chi connectivity index (χ4v) is 2.75. The Hall–Kier alpha value is -0.570. The molecule has 0 spiro atoms. The zero-order valence-corrected chi connectivity index (χ0v) is 11.5. The average Bonchev–Trinajstić information content (AvgIpc) is 2.29. The summed E-state index contributed by atoms with van der Waals surface area (Å²) >= 11 is 6.25. The molecule has 0 aliphatic carbocycles. The van der Waals surface area contributed by atoms with Gasteiger partial charge in [0.1, 0.15) is 0 Å². The molecule has 0 aromatic heterocycles. The maximum Gasteiger partial charge on any atom is 0.0506 e. The topological polar surface area (TPSA) is 6.48 Å². The highest BCUT2D eigenvalue weighted by Gasteiger charge is 2.14. The summed E-state index contributed by atoms with van der Waals surface area (Å²) in [6.07, 6.45) is 2.27. The van der Waals surface area contributed by atoms with Gasteiger partial charge in [-0.15, -0.1) is 0 Å². The molecule has 0 amide bonds. The van der Waals surface area contributed by atoms with Crippen LogP contribution in [0.15, 0.2) is 18.2 Å². The van der Waals surface area contributed by atoms with Gasteiger partial charge in [-0.25, -0.2) is 0 Å². The molecule has 1 fully saturated rings. The summed E-state index contributed by atoms with van der Waals surface area (Å²) in [6, 6.07) is 6.49. The van der Waals surface area contributed by atoms with Crippen molar-refractivity contribution in [2.75, 3.05) is 26.8 Å². The van der Waals surface area contributed by atoms with Gasteiger partial charge >= 0.3 is 0 Å². The second kappa shape index (κ2) is 5.85. The molecule has 1 aromatic carbocycles. The smallest absolute Gasteiger partial charge is 0.0506 e. The molecule has 0 N–H and O–H groups in total. The van der Waals surface area contributed by atoms with Crippen LogP contribution in [0.2, 0.25) is 5.02 Å². The van der Waals surface area contributed by atoms with Gasteiger partial charge in [-0.3, -0.25) is 9.80 Å². The molecule has 2 nitrogen and oxygen atoms in total. The first kappa shape index (κ1) is 12.9. The number of hydrogen-bond acceptors (Lipinski definition) is 2. The monoisotopic (exact) mass is 252 g/mol. The van der Waals surface area contributed by atoms with E-state index in [1.165, 1.54) is 30.6 Å². The second-order valence-electron chi connectivity index (χ2n) is 4.91. The molecule has 1 aliphatic rings. The molecular weight excluding hydrogens is 232 g/mol. The number of hydrogen-bond donors (Lipinski definition) is 0. The predicted molar refractivity (Wildman–Crippen MR) is 73.4 cm³/mol. The van der Waals surface area contributed by atoms with Crippen molar-refractivity contribution in [3.8, 4) is 0 Å². The zero-order valence-electron chi connectivity index (χ0n) is 10.7. The van der Waals surface area contributed by atoms with Crippen LogP contribution in [0.4, 0.5) is 0 Å². The maximum atomic E-state index is 6.25. The molecule has 1 aliphatic heterocycles. The van der Waals surface area contributed by atoms with Crippen molar-refractivity contribution in [1.82, 2.24) is 9.80 Å². The third kappa shape index (κ3) is 3.44. The summed E-state index contributed by atoms with van der Waals surface area (Å²) in [5, 5.41) is 0.912. The van der Waals surface area contributed by atoms with Gasteiger partial charge in [0.05, 0.1) is 6.67 Å². The van der Waals surface area contributed by atoms with Crippen molar-refractivity contribution in [2.24, 2.45) is 0 Å². The van der Waals surface area contributed by atoms with Gasteiger partial charge < -0.3 is 0 Å². The normalized spacial score (nSPS) is 18.5. The van der Waals surface area contributed by atoms with E-state index in [0.29, 0.717) is 0 Å². The van der Waals surface area contributed by atoms with E-state index in [9.17, 15) is 0 Å². The first-order valence-electron chi connectivity index (χ1n) is 6.37. The maximum absolute atomic E-state index is 6.25. The quantitative estimate of drug-likeness (QED) is 0.816. The summed E-state index contributed by atoms with van der Waals surface area (Å²) in [5.41, 5.74) is 2.56. The molecule has 17 heavy (non-hydrogen) atoms. The number of rotatable bonds is 3. The summed E-state index contributed by atoms with van der Waals surface area (Å²) in [4.78, 5) is 4.84. The molecule has 2 rings (SSSR count). The Labute approximate surface area is 109 Å². The number of benzene rings is 1. The highest BCUT2D eigenvalue weighted by atomic mass is 35.5. The van der Waals surface area contributed by atoms with Crippen LogP contribution in [0.25, 0.3) is 0 Å². The van der Waals surface area contributed by atoms with E-state index in [2.05, 4.69) is 42.0 Å². The van der Waals surface area contributed by atoms with E-state index in [4.69, 9.17) is 11.6 Å². The summed E-state index contributed by atoms with van der Waals surface area (Å²) < 4.78 is 0. The Morgan fingerprint density at radius 2 is 2.12 bits per heavy atom. The lowest BCUT2D eigenvalue weighted by Gasteiger charge is -2.33. The van der Waals surface area contributed by atoms with Gasteiger partial charge in [0.2, 0.25) is 0 Å². The van der Waals surface area contributed by atoms with Crippen LogP contribution in [-0.4, -0.2) is 36.6 Å². The van der Waals surface area contributed by atoms with E-state index >= 15 is 0 Å². The molecular formula is C14H21ClN2. The molecule has 0 unspecified atom stereocenters. The molecule has 1 aromatic rings. The lowest BCUT2D eigenvalue weighted by Crippen LogP contribution is -2.42. The van der Waals surface area contributed by atoms with Crippen LogP contribution in [-0.2, 0) is 13.0 Å². The number of aryl methyl sites for hydroxylation is 1. The van der Waals surface area contributed by atoms with Crippen molar-refractivity contribution in [1.29, 1.82) is 0 Å². The fraction of sp³-hybridized carbons (Fsp3) is 0.571. The van der Waals surface area contributed by atoms with Crippen molar-refractivity contribution in [3.63, 3.8) is 0 Å². The average molecular weight is 253 g/mol. The van der Waals surface area contributed by atoms with Crippen molar-refractivity contribution >= 4 is 11.6 Å². The van der Waals surface area contributed by atoms with Gasteiger partial charge in [-0.2, -0.15) is 0 Å². The van der Waals surface area contributed by atoms with E-state index in [1.54, 1.807) is 0 Å². The van der Waals surface area contributed by atoms with Crippen molar-refractivity contribution < 1.29 is 0 Å². The van der Waals surface area contributed by atoms with Crippen LogP contribution in [0, 0.1) is 0 Å². The zero-order chi connectivity index (χ0) is 12.3. The molecule has 0 atom stereocenters. The van der Waals surface area contributed by atoms with Gasteiger partial charge in [-0.05, 0) is 37.1 Å². The minimum atomic E-state index is 0.912. The van der Waals surface area contributed by atoms with Crippen LogP contribution < -0.4 is 0 Å². The van der Waals surface area contributed by atoms with Crippen LogP contribution in [0.3, 0.4) is 0 Å². The molecule has 3 heteroatoms. The molecule has 1 saturated heterocycles. The lowest BCUT2D eigenvalue weighted by molar-refractivity contribution is 0.101. The Bertz CT molecular complexity index is 378. The molecule has 0 bridgehead atoms. The van der Waals surface area contributed by atoms with Crippen molar-refractivity contribution in [2.45, 2.75) is 26.3 Å². The van der Waals surface area contributed by atoms with Crippen LogP contribution >= 0.6 is 11.6 Å². The van der Waals surface area contributed by atoms with Gasteiger partial charge in [-0.1, -0.05) is 30.7 Å². The standard InChI is InChI=1S/C14H21ClN2/c1-3-13-6-5-12(9-14(13)15)10-17-8-4-7-16(2)11-17/h5-6,9H,3-4,7-8,10-11H2,1-2H3. The summed E-state index contributed by atoms with van der Waals surface area (Å²) in [5.74, 6) is 0. The SMILES string of the molecule is CCc1ccc(CN2CCCN(C)C2)cc1Cl. The van der Waals surface area contributed by atoms with Crippen LogP contribution in [0.5, 0.6) is 0 Å². The second-order valence-corrected chi connectivity index (χ2v) is 5.31. The third-order valence-electron chi connectivity index (χ3n) is 3.36. The summed E-state index contributed by atoms with van der Waals surface area (Å²) in [6.45, 7) is 6.62. The predicted octanol–water partition coefficient (Wildman–Crippen LogP) is 3.00. The minimum Gasteiger partial charge on any atom is -0.293 e. The third-order valence-corrected chi connectivity index (χ3v) is 3.71. The van der Waals surface area contributed by atoms with E-state index in [1.807, 2.05) is 0 Å². The Balaban J connectivity index is 2.00. The highest BCUT2D eigenvalue weighted by molar-refractivity contribution is 6.31. The fourth-order valence-electron chi connectivity index (χ4n) is 2.41. The first-order valence-corrected chi connectivity index (χ1v) is 6.75. The highest BCUT2D eigenvalue weighted by Crippen LogP contribution is 2.20.